The maximum Gasteiger partial charge on any atom is 0.125 e. The Hall–Kier alpha value is -1.19. The molecule has 4 heteroatoms. The van der Waals surface area contributed by atoms with Crippen LogP contribution < -0.4 is 10.1 Å². The predicted molar refractivity (Wildman–Crippen MR) is 79.5 cm³/mol. The molecule has 0 bridgehead atoms. The third-order valence-electron chi connectivity index (χ3n) is 2.59. The molecule has 2 rings (SSSR count). The molecule has 1 N–H and O–H groups in total. The normalized spacial score (nSPS) is 10.2. The van der Waals surface area contributed by atoms with Crippen LogP contribution in [0.25, 0.3) is 0 Å². The monoisotopic (exact) mass is 325 g/mol. The van der Waals surface area contributed by atoms with Crippen LogP contribution >= 0.6 is 27.5 Å². The summed E-state index contributed by atoms with van der Waals surface area (Å²) in [6.07, 6.45) is 0. The molecule has 94 valence electrons. The van der Waals surface area contributed by atoms with E-state index in [0.29, 0.717) is 11.6 Å². The summed E-state index contributed by atoms with van der Waals surface area (Å²) < 4.78 is 6.34. The van der Waals surface area contributed by atoms with Crippen LogP contribution in [0, 0.1) is 0 Å². The number of nitrogens with one attached hydrogen (secondary N) is 1. The van der Waals surface area contributed by atoms with E-state index >= 15 is 0 Å². The molecule has 0 heterocycles. The van der Waals surface area contributed by atoms with Gasteiger partial charge in [-0.3, -0.25) is 0 Å². The van der Waals surface area contributed by atoms with E-state index in [9.17, 15) is 0 Å². The Kier molecular flexibility index (Phi) is 4.50. The lowest BCUT2D eigenvalue weighted by atomic mass is 10.2. The highest BCUT2D eigenvalue weighted by atomic mass is 79.9. The van der Waals surface area contributed by atoms with E-state index in [1.165, 1.54) is 0 Å². The van der Waals surface area contributed by atoms with Crippen molar-refractivity contribution in [3.05, 3.63) is 57.5 Å². The largest absolute Gasteiger partial charge is 0.496 e. The smallest absolute Gasteiger partial charge is 0.125 e. The minimum absolute atomic E-state index is 0.624. The van der Waals surface area contributed by atoms with Crippen LogP contribution in [0.5, 0.6) is 5.75 Å². The molecule has 0 radical (unpaired) electrons. The van der Waals surface area contributed by atoms with Gasteiger partial charge in [-0.1, -0.05) is 39.7 Å². The topological polar surface area (TPSA) is 21.3 Å². The highest BCUT2D eigenvalue weighted by molar-refractivity contribution is 9.10. The Balaban J connectivity index is 2.15. The summed E-state index contributed by atoms with van der Waals surface area (Å²) >= 11 is 9.62. The molecule has 0 saturated carbocycles. The number of methoxy groups -OCH3 is 1. The zero-order valence-corrected chi connectivity index (χ0v) is 12.3. The van der Waals surface area contributed by atoms with E-state index in [-0.39, 0.29) is 0 Å². The van der Waals surface area contributed by atoms with Crippen molar-refractivity contribution in [2.24, 2.45) is 0 Å². The zero-order chi connectivity index (χ0) is 13.0. The number of rotatable bonds is 4. The van der Waals surface area contributed by atoms with Crippen LogP contribution in [0.3, 0.4) is 0 Å². The molecule has 0 unspecified atom stereocenters. The summed E-state index contributed by atoms with van der Waals surface area (Å²) in [5.41, 5.74) is 1.99. The first-order valence-electron chi connectivity index (χ1n) is 5.51. The summed E-state index contributed by atoms with van der Waals surface area (Å²) in [7, 11) is 1.65. The van der Waals surface area contributed by atoms with Crippen molar-refractivity contribution in [3.8, 4) is 5.75 Å². The van der Waals surface area contributed by atoms with Crippen molar-refractivity contribution < 1.29 is 4.74 Å². The second kappa shape index (κ2) is 6.12. The van der Waals surface area contributed by atoms with Crippen LogP contribution in [0.1, 0.15) is 5.56 Å². The minimum Gasteiger partial charge on any atom is -0.496 e. The average Bonchev–Trinajstić information content (AvgIpc) is 2.37. The molecule has 18 heavy (non-hydrogen) atoms. The van der Waals surface area contributed by atoms with Crippen molar-refractivity contribution in [3.63, 3.8) is 0 Å². The SMILES string of the molecule is COc1cccc(Cl)c1CNc1cccc(Br)c1. The molecule has 0 spiro atoms. The second-order valence-corrected chi connectivity index (χ2v) is 5.11. The highest BCUT2D eigenvalue weighted by Crippen LogP contribution is 2.27. The third-order valence-corrected chi connectivity index (χ3v) is 3.44. The number of halogens is 2. The lowest BCUT2D eigenvalue weighted by Crippen LogP contribution is -2.02. The zero-order valence-electron chi connectivity index (χ0n) is 9.91. The van der Waals surface area contributed by atoms with Gasteiger partial charge in [0.1, 0.15) is 5.75 Å². The van der Waals surface area contributed by atoms with Gasteiger partial charge in [0.2, 0.25) is 0 Å². The van der Waals surface area contributed by atoms with E-state index in [2.05, 4.69) is 21.2 Å². The fourth-order valence-corrected chi connectivity index (χ4v) is 2.32. The second-order valence-electron chi connectivity index (χ2n) is 3.78. The van der Waals surface area contributed by atoms with Gasteiger partial charge in [-0.2, -0.15) is 0 Å². The first-order chi connectivity index (χ1) is 8.70. The molecule has 0 aliphatic rings. The van der Waals surface area contributed by atoms with Crippen molar-refractivity contribution in [1.82, 2.24) is 0 Å². The van der Waals surface area contributed by atoms with Crippen molar-refractivity contribution >= 4 is 33.2 Å². The highest BCUT2D eigenvalue weighted by Gasteiger charge is 2.07. The van der Waals surface area contributed by atoms with Crippen LogP contribution in [0.2, 0.25) is 5.02 Å². The molecule has 2 nitrogen and oxygen atoms in total. The first kappa shape index (κ1) is 13.2. The predicted octanol–water partition coefficient (Wildman–Crippen LogP) is 4.72. The van der Waals surface area contributed by atoms with E-state index in [0.717, 1.165) is 21.5 Å². The molecular weight excluding hydrogens is 314 g/mol. The Morgan fingerprint density at radius 3 is 2.72 bits per heavy atom. The van der Waals surface area contributed by atoms with E-state index < -0.39 is 0 Å². The fourth-order valence-electron chi connectivity index (χ4n) is 1.69. The molecule has 0 aromatic heterocycles. The summed E-state index contributed by atoms with van der Waals surface area (Å²) in [6, 6.07) is 13.6. The number of hydrogen-bond donors (Lipinski definition) is 1. The Bertz CT molecular complexity index is 545. The van der Waals surface area contributed by atoms with Crippen LogP contribution in [-0.2, 0) is 6.54 Å². The van der Waals surface area contributed by atoms with Crippen molar-refractivity contribution in [1.29, 1.82) is 0 Å². The molecular formula is C14H13BrClNO. The molecule has 0 amide bonds. The number of anilines is 1. The molecule has 2 aromatic rings. The molecule has 0 aliphatic heterocycles. The van der Waals surface area contributed by atoms with E-state index in [4.69, 9.17) is 16.3 Å². The van der Waals surface area contributed by atoms with Gasteiger partial charge in [0.25, 0.3) is 0 Å². The third kappa shape index (κ3) is 3.18. The number of hydrogen-bond acceptors (Lipinski definition) is 2. The summed E-state index contributed by atoms with van der Waals surface area (Å²) in [4.78, 5) is 0. The van der Waals surface area contributed by atoms with E-state index in [1.54, 1.807) is 7.11 Å². The summed E-state index contributed by atoms with van der Waals surface area (Å²) in [6.45, 7) is 0.624. The van der Waals surface area contributed by atoms with Gasteiger partial charge in [-0.05, 0) is 30.3 Å². The van der Waals surface area contributed by atoms with Crippen LogP contribution in [0.4, 0.5) is 5.69 Å². The maximum absolute atomic E-state index is 6.18. The fraction of sp³-hybridized carbons (Fsp3) is 0.143. The Morgan fingerprint density at radius 2 is 2.00 bits per heavy atom. The molecule has 0 atom stereocenters. The number of ether oxygens (including phenoxy) is 1. The van der Waals surface area contributed by atoms with Crippen molar-refractivity contribution in [2.75, 3.05) is 12.4 Å². The average molecular weight is 327 g/mol. The van der Waals surface area contributed by atoms with Gasteiger partial charge in [0.15, 0.2) is 0 Å². The first-order valence-corrected chi connectivity index (χ1v) is 6.68. The lowest BCUT2D eigenvalue weighted by Gasteiger charge is -2.12. The Morgan fingerprint density at radius 1 is 1.22 bits per heavy atom. The van der Waals surface area contributed by atoms with Gasteiger partial charge < -0.3 is 10.1 Å². The van der Waals surface area contributed by atoms with Crippen molar-refractivity contribution in [2.45, 2.75) is 6.54 Å². The van der Waals surface area contributed by atoms with Gasteiger partial charge >= 0.3 is 0 Å². The Labute approximate surface area is 120 Å². The van der Waals surface area contributed by atoms with Crippen LogP contribution in [-0.4, -0.2) is 7.11 Å². The van der Waals surface area contributed by atoms with Gasteiger partial charge in [0, 0.05) is 27.3 Å². The summed E-state index contributed by atoms with van der Waals surface area (Å²) in [5.74, 6) is 0.796. The van der Waals surface area contributed by atoms with Gasteiger partial charge in [-0.25, -0.2) is 0 Å². The quantitative estimate of drug-likeness (QED) is 0.877. The minimum atomic E-state index is 0.624. The van der Waals surface area contributed by atoms with Gasteiger partial charge in [0.05, 0.1) is 7.11 Å². The molecule has 0 saturated heterocycles. The van der Waals surface area contributed by atoms with Gasteiger partial charge in [-0.15, -0.1) is 0 Å². The maximum atomic E-state index is 6.18. The molecule has 2 aromatic carbocycles. The standard InChI is InChI=1S/C14H13BrClNO/c1-18-14-7-3-6-13(16)12(14)9-17-11-5-2-4-10(15)8-11/h2-8,17H,9H2,1H3. The molecule has 0 aliphatic carbocycles. The van der Waals surface area contributed by atoms with E-state index in [1.807, 2.05) is 42.5 Å². The summed E-state index contributed by atoms with van der Waals surface area (Å²) in [5, 5.41) is 4.03. The number of benzene rings is 2. The lowest BCUT2D eigenvalue weighted by molar-refractivity contribution is 0.410. The molecule has 0 fully saturated rings. The van der Waals surface area contributed by atoms with Crippen LogP contribution in [0.15, 0.2) is 46.9 Å².